The topological polar surface area (TPSA) is 65.5 Å². The highest BCUT2D eigenvalue weighted by Crippen LogP contribution is 2.11. The van der Waals surface area contributed by atoms with Crippen LogP contribution in [-0.4, -0.2) is 38.0 Å². The standard InChI is InChI=1S/C16H21BrN4O.HI/c1-3-9-20-16(18-4-2)21-11-6-10-19-15(22)13-7-5-8-14(17)12-13;/h1,5,7-8,12H,4,6,9-11H2,2H3,(H,19,22)(H2,18,20,21);1H. The van der Waals surface area contributed by atoms with Gasteiger partial charge in [-0.3, -0.25) is 9.79 Å². The fourth-order valence-electron chi connectivity index (χ4n) is 1.68. The molecule has 1 aromatic rings. The number of aliphatic imine (C=N–C) groups is 1. The number of carbonyl (C=O) groups excluding carboxylic acids is 1. The monoisotopic (exact) mass is 492 g/mol. The van der Waals surface area contributed by atoms with Gasteiger partial charge in [0.15, 0.2) is 5.96 Å². The van der Waals surface area contributed by atoms with E-state index in [2.05, 4.69) is 42.8 Å². The van der Waals surface area contributed by atoms with Crippen molar-refractivity contribution in [1.29, 1.82) is 0 Å². The van der Waals surface area contributed by atoms with Crippen molar-refractivity contribution in [2.24, 2.45) is 4.99 Å². The maximum atomic E-state index is 11.9. The second-order valence-corrected chi connectivity index (χ2v) is 5.35. The Hall–Kier alpha value is -1.27. The SMILES string of the molecule is C#CCNC(=NCCCNC(=O)c1cccc(Br)c1)NCC.I. The third kappa shape index (κ3) is 9.46. The van der Waals surface area contributed by atoms with E-state index in [0.29, 0.717) is 31.2 Å². The lowest BCUT2D eigenvalue weighted by molar-refractivity contribution is 0.0953. The molecule has 7 heteroatoms. The summed E-state index contributed by atoms with van der Waals surface area (Å²) in [5.74, 6) is 3.12. The van der Waals surface area contributed by atoms with Crippen molar-refractivity contribution < 1.29 is 4.79 Å². The molecule has 0 aliphatic rings. The Balaban J connectivity index is 0.00000484. The van der Waals surface area contributed by atoms with Crippen LogP contribution in [0.2, 0.25) is 0 Å². The van der Waals surface area contributed by atoms with Gasteiger partial charge in [0.05, 0.1) is 6.54 Å². The largest absolute Gasteiger partial charge is 0.357 e. The lowest BCUT2D eigenvalue weighted by Crippen LogP contribution is -2.37. The number of nitrogens with zero attached hydrogens (tertiary/aromatic N) is 1. The van der Waals surface area contributed by atoms with Crippen LogP contribution in [-0.2, 0) is 0 Å². The molecule has 5 nitrogen and oxygen atoms in total. The quantitative estimate of drug-likeness (QED) is 0.180. The Labute approximate surface area is 163 Å². The van der Waals surface area contributed by atoms with Gasteiger partial charge in [0.2, 0.25) is 0 Å². The summed E-state index contributed by atoms with van der Waals surface area (Å²) in [6, 6.07) is 7.30. The third-order valence-corrected chi connectivity index (χ3v) is 3.17. The Kier molecular flexibility index (Phi) is 12.5. The molecule has 0 aliphatic carbocycles. The fraction of sp³-hybridized carbons (Fsp3) is 0.375. The van der Waals surface area contributed by atoms with Crippen LogP contribution < -0.4 is 16.0 Å². The molecule has 0 fully saturated rings. The Bertz CT molecular complexity index is 557. The molecule has 3 N–H and O–H groups in total. The third-order valence-electron chi connectivity index (χ3n) is 2.68. The molecule has 0 saturated carbocycles. The van der Waals surface area contributed by atoms with E-state index in [4.69, 9.17) is 6.42 Å². The van der Waals surface area contributed by atoms with Crippen molar-refractivity contribution in [1.82, 2.24) is 16.0 Å². The highest BCUT2D eigenvalue weighted by Gasteiger charge is 2.04. The summed E-state index contributed by atoms with van der Waals surface area (Å²) in [6.45, 7) is 4.38. The van der Waals surface area contributed by atoms with Crippen molar-refractivity contribution in [2.75, 3.05) is 26.2 Å². The number of carbonyl (C=O) groups is 1. The minimum atomic E-state index is -0.0809. The van der Waals surface area contributed by atoms with E-state index in [-0.39, 0.29) is 29.9 Å². The van der Waals surface area contributed by atoms with Crippen LogP contribution in [0.1, 0.15) is 23.7 Å². The van der Waals surface area contributed by atoms with Crippen molar-refractivity contribution in [3.05, 3.63) is 34.3 Å². The zero-order valence-corrected chi connectivity index (χ0v) is 17.0. The van der Waals surface area contributed by atoms with Gasteiger partial charge in [-0.25, -0.2) is 0 Å². The first kappa shape index (κ1) is 21.7. The summed E-state index contributed by atoms with van der Waals surface area (Å²) in [5.41, 5.74) is 0.641. The van der Waals surface area contributed by atoms with Crippen LogP contribution in [0.4, 0.5) is 0 Å². The van der Waals surface area contributed by atoms with Gasteiger partial charge in [-0.05, 0) is 31.5 Å². The van der Waals surface area contributed by atoms with Crippen LogP contribution in [0.3, 0.4) is 0 Å². The van der Waals surface area contributed by atoms with Gasteiger partial charge in [-0.15, -0.1) is 30.4 Å². The molecule has 1 rings (SSSR count). The van der Waals surface area contributed by atoms with Gasteiger partial charge in [0, 0.05) is 29.7 Å². The van der Waals surface area contributed by atoms with Gasteiger partial charge in [0.25, 0.3) is 5.91 Å². The molecule has 0 spiro atoms. The molecular formula is C16H22BrIN4O. The average Bonchev–Trinajstić information content (AvgIpc) is 2.52. The molecule has 0 aliphatic heterocycles. The van der Waals surface area contributed by atoms with Gasteiger partial charge >= 0.3 is 0 Å². The van der Waals surface area contributed by atoms with Gasteiger partial charge in [0.1, 0.15) is 0 Å². The highest BCUT2D eigenvalue weighted by molar-refractivity contribution is 14.0. The van der Waals surface area contributed by atoms with Crippen molar-refractivity contribution in [3.8, 4) is 12.3 Å². The molecule has 23 heavy (non-hydrogen) atoms. The van der Waals surface area contributed by atoms with E-state index in [1.165, 1.54) is 0 Å². The maximum Gasteiger partial charge on any atom is 0.251 e. The van der Waals surface area contributed by atoms with Crippen LogP contribution in [0, 0.1) is 12.3 Å². The van der Waals surface area contributed by atoms with Gasteiger partial charge in [-0.1, -0.05) is 27.9 Å². The molecule has 0 bridgehead atoms. The van der Waals surface area contributed by atoms with E-state index in [9.17, 15) is 4.79 Å². The van der Waals surface area contributed by atoms with Gasteiger partial charge < -0.3 is 16.0 Å². The number of nitrogens with one attached hydrogen (secondary N) is 3. The lowest BCUT2D eigenvalue weighted by Gasteiger charge is -2.09. The smallest absolute Gasteiger partial charge is 0.251 e. The molecule has 0 atom stereocenters. The summed E-state index contributed by atoms with van der Waals surface area (Å²) in [6.07, 6.45) is 5.96. The van der Waals surface area contributed by atoms with Crippen LogP contribution in [0.15, 0.2) is 33.7 Å². The normalized spacial score (nSPS) is 10.2. The first-order chi connectivity index (χ1) is 10.7. The van der Waals surface area contributed by atoms with E-state index < -0.39 is 0 Å². The molecule has 0 radical (unpaired) electrons. The van der Waals surface area contributed by atoms with Crippen LogP contribution in [0.5, 0.6) is 0 Å². The molecule has 0 aromatic heterocycles. The summed E-state index contributed by atoms with van der Waals surface area (Å²) in [7, 11) is 0. The number of rotatable bonds is 7. The van der Waals surface area contributed by atoms with Crippen molar-refractivity contribution >= 4 is 51.8 Å². The Morgan fingerprint density at radius 2 is 2.13 bits per heavy atom. The molecule has 0 saturated heterocycles. The van der Waals surface area contributed by atoms with Crippen LogP contribution >= 0.6 is 39.9 Å². The number of hydrogen-bond donors (Lipinski definition) is 3. The molecule has 0 unspecified atom stereocenters. The van der Waals surface area contributed by atoms with Crippen molar-refractivity contribution in [2.45, 2.75) is 13.3 Å². The first-order valence-corrected chi connectivity index (χ1v) is 7.96. The van der Waals surface area contributed by atoms with E-state index in [0.717, 1.165) is 17.4 Å². The molecular weight excluding hydrogens is 471 g/mol. The maximum absolute atomic E-state index is 11.9. The Morgan fingerprint density at radius 3 is 2.78 bits per heavy atom. The Morgan fingerprint density at radius 1 is 1.35 bits per heavy atom. The number of guanidine groups is 1. The van der Waals surface area contributed by atoms with Crippen molar-refractivity contribution in [3.63, 3.8) is 0 Å². The predicted octanol–water partition coefficient (Wildman–Crippen LogP) is 2.38. The van der Waals surface area contributed by atoms with E-state index >= 15 is 0 Å². The van der Waals surface area contributed by atoms with E-state index in [1.807, 2.05) is 19.1 Å². The highest BCUT2D eigenvalue weighted by atomic mass is 127. The second kappa shape index (κ2) is 13.2. The number of halogens is 2. The summed E-state index contributed by atoms with van der Waals surface area (Å²) >= 11 is 3.35. The molecule has 1 aromatic carbocycles. The minimum Gasteiger partial charge on any atom is -0.357 e. The summed E-state index contributed by atoms with van der Waals surface area (Å²) in [5, 5.41) is 8.99. The summed E-state index contributed by atoms with van der Waals surface area (Å²) < 4.78 is 0.889. The molecule has 126 valence electrons. The number of terminal acetylenes is 1. The number of hydrogen-bond acceptors (Lipinski definition) is 2. The molecule has 1 amide bonds. The second-order valence-electron chi connectivity index (χ2n) is 4.44. The number of benzene rings is 1. The average molecular weight is 493 g/mol. The van der Waals surface area contributed by atoms with E-state index in [1.54, 1.807) is 12.1 Å². The molecule has 0 heterocycles. The fourth-order valence-corrected chi connectivity index (χ4v) is 2.08. The summed E-state index contributed by atoms with van der Waals surface area (Å²) in [4.78, 5) is 16.3. The van der Waals surface area contributed by atoms with Gasteiger partial charge in [-0.2, -0.15) is 0 Å². The predicted molar refractivity (Wildman–Crippen MR) is 109 cm³/mol. The van der Waals surface area contributed by atoms with Crippen LogP contribution in [0.25, 0.3) is 0 Å². The first-order valence-electron chi connectivity index (χ1n) is 7.16. The minimum absolute atomic E-state index is 0. The number of amides is 1. The lowest BCUT2D eigenvalue weighted by atomic mass is 10.2. The zero-order chi connectivity index (χ0) is 16.2. The zero-order valence-electron chi connectivity index (χ0n) is 13.1.